The van der Waals surface area contributed by atoms with E-state index in [0.29, 0.717) is 17.5 Å². The molecular weight excluding hydrogens is 687 g/mol. The lowest BCUT2D eigenvalue weighted by atomic mass is 9.90. The number of furan rings is 2. The summed E-state index contributed by atoms with van der Waals surface area (Å²) >= 11 is 0. The molecular formula is C51H29N3O2. The van der Waals surface area contributed by atoms with Crippen LogP contribution < -0.4 is 0 Å². The molecule has 56 heavy (non-hydrogen) atoms. The monoisotopic (exact) mass is 715 g/mol. The van der Waals surface area contributed by atoms with Crippen LogP contribution in [-0.2, 0) is 0 Å². The summed E-state index contributed by atoms with van der Waals surface area (Å²) in [6, 6.07) is 61.1. The van der Waals surface area contributed by atoms with Gasteiger partial charge in [-0.2, -0.15) is 0 Å². The first-order chi connectivity index (χ1) is 27.7. The van der Waals surface area contributed by atoms with Crippen molar-refractivity contribution in [1.29, 1.82) is 0 Å². The molecule has 3 heterocycles. The first-order valence-corrected chi connectivity index (χ1v) is 18.8. The van der Waals surface area contributed by atoms with E-state index in [1.165, 1.54) is 37.9 Å². The van der Waals surface area contributed by atoms with Gasteiger partial charge in [0, 0.05) is 38.2 Å². The zero-order valence-corrected chi connectivity index (χ0v) is 29.9. The molecule has 0 atom stereocenters. The van der Waals surface area contributed by atoms with Crippen LogP contribution in [0.3, 0.4) is 0 Å². The molecule has 0 aliphatic rings. The number of nitrogens with zero attached hydrogens (tertiary/aromatic N) is 3. The molecule has 0 bridgehead atoms. The molecule has 0 saturated carbocycles. The lowest BCUT2D eigenvalue weighted by Gasteiger charge is -2.14. The summed E-state index contributed by atoms with van der Waals surface area (Å²) in [7, 11) is 0. The maximum Gasteiger partial charge on any atom is 0.164 e. The van der Waals surface area contributed by atoms with Gasteiger partial charge in [-0.05, 0) is 73.8 Å². The van der Waals surface area contributed by atoms with Gasteiger partial charge in [0.2, 0.25) is 0 Å². The van der Waals surface area contributed by atoms with Crippen molar-refractivity contribution in [2.75, 3.05) is 0 Å². The second-order valence-corrected chi connectivity index (χ2v) is 14.3. The Morgan fingerprint density at radius 2 is 0.768 bits per heavy atom. The summed E-state index contributed by atoms with van der Waals surface area (Å²) in [6.07, 6.45) is 0. The van der Waals surface area contributed by atoms with Gasteiger partial charge in [0.15, 0.2) is 17.5 Å². The Hall–Kier alpha value is -7.63. The third kappa shape index (κ3) is 4.64. The molecule has 0 unspecified atom stereocenters. The van der Waals surface area contributed by atoms with Crippen molar-refractivity contribution in [1.82, 2.24) is 15.0 Å². The van der Waals surface area contributed by atoms with Gasteiger partial charge < -0.3 is 8.83 Å². The fourth-order valence-corrected chi connectivity index (χ4v) is 8.58. The first kappa shape index (κ1) is 30.8. The van der Waals surface area contributed by atoms with Crippen molar-refractivity contribution >= 4 is 76.2 Å². The van der Waals surface area contributed by atoms with E-state index in [9.17, 15) is 0 Å². The van der Waals surface area contributed by atoms with Crippen LogP contribution in [0.15, 0.2) is 185 Å². The molecule has 0 aliphatic carbocycles. The molecule has 0 saturated heterocycles. The van der Waals surface area contributed by atoms with Gasteiger partial charge in [-0.3, -0.25) is 0 Å². The van der Waals surface area contributed by atoms with Crippen LogP contribution in [-0.4, -0.2) is 15.0 Å². The van der Waals surface area contributed by atoms with Crippen LogP contribution in [0.5, 0.6) is 0 Å². The Morgan fingerprint density at radius 1 is 0.286 bits per heavy atom. The number of aromatic nitrogens is 3. The highest BCUT2D eigenvalue weighted by molar-refractivity contribution is 6.24. The molecule has 0 N–H and O–H groups in total. The zero-order valence-electron chi connectivity index (χ0n) is 29.9. The Bertz CT molecular complexity index is 3390. The minimum atomic E-state index is 0.573. The van der Waals surface area contributed by atoms with Crippen LogP contribution in [0.4, 0.5) is 0 Å². The summed E-state index contributed by atoms with van der Waals surface area (Å²) in [5, 5.41) is 11.4. The predicted octanol–water partition coefficient (Wildman–Crippen LogP) is 13.8. The third-order valence-corrected chi connectivity index (χ3v) is 11.1. The average molecular weight is 716 g/mol. The van der Waals surface area contributed by atoms with Crippen LogP contribution >= 0.6 is 0 Å². The zero-order chi connectivity index (χ0) is 36.7. The van der Waals surface area contributed by atoms with E-state index in [0.717, 1.165) is 66.1 Å². The fourth-order valence-electron chi connectivity index (χ4n) is 8.58. The van der Waals surface area contributed by atoms with E-state index in [1.807, 2.05) is 60.7 Å². The second kappa shape index (κ2) is 11.9. The van der Waals surface area contributed by atoms with E-state index in [-0.39, 0.29) is 0 Å². The van der Waals surface area contributed by atoms with Gasteiger partial charge in [0.1, 0.15) is 22.3 Å². The van der Waals surface area contributed by atoms with E-state index in [4.69, 9.17) is 23.8 Å². The fraction of sp³-hybridized carbons (Fsp3) is 0. The van der Waals surface area contributed by atoms with E-state index >= 15 is 0 Å². The average Bonchev–Trinajstić information content (AvgIpc) is 3.85. The number of para-hydroxylation sites is 2. The maximum atomic E-state index is 6.29. The Kier molecular flexibility index (Phi) is 6.56. The summed E-state index contributed by atoms with van der Waals surface area (Å²) in [5.41, 5.74) is 8.19. The lowest BCUT2D eigenvalue weighted by molar-refractivity contribution is 0.668. The highest BCUT2D eigenvalue weighted by atomic mass is 16.3. The van der Waals surface area contributed by atoms with Crippen molar-refractivity contribution < 1.29 is 8.83 Å². The molecule has 12 aromatic rings. The van der Waals surface area contributed by atoms with Gasteiger partial charge in [-0.25, -0.2) is 15.0 Å². The van der Waals surface area contributed by atoms with Crippen LogP contribution in [0.1, 0.15) is 0 Å². The highest BCUT2D eigenvalue weighted by Gasteiger charge is 2.21. The molecule has 0 spiro atoms. The van der Waals surface area contributed by atoms with Crippen molar-refractivity contribution in [3.63, 3.8) is 0 Å². The van der Waals surface area contributed by atoms with Crippen LogP contribution in [0.2, 0.25) is 0 Å². The van der Waals surface area contributed by atoms with Crippen molar-refractivity contribution in [3.05, 3.63) is 176 Å². The predicted molar refractivity (Wildman–Crippen MR) is 229 cm³/mol. The summed E-state index contributed by atoms with van der Waals surface area (Å²) in [4.78, 5) is 15.6. The van der Waals surface area contributed by atoms with Gasteiger partial charge in [-0.1, -0.05) is 146 Å². The molecule has 5 nitrogen and oxygen atoms in total. The molecule has 3 aromatic heterocycles. The van der Waals surface area contributed by atoms with Gasteiger partial charge in [0.25, 0.3) is 0 Å². The lowest BCUT2D eigenvalue weighted by Crippen LogP contribution is -2.00. The van der Waals surface area contributed by atoms with Gasteiger partial charge >= 0.3 is 0 Å². The number of hydrogen-bond acceptors (Lipinski definition) is 5. The Balaban J connectivity index is 1.07. The molecule has 12 rings (SSSR count). The summed E-state index contributed by atoms with van der Waals surface area (Å²) in [6.45, 7) is 0. The smallest absolute Gasteiger partial charge is 0.164 e. The minimum absolute atomic E-state index is 0.573. The van der Waals surface area contributed by atoms with Gasteiger partial charge in [-0.15, -0.1) is 0 Å². The van der Waals surface area contributed by atoms with Crippen LogP contribution in [0.25, 0.3) is 121 Å². The summed E-state index contributed by atoms with van der Waals surface area (Å²) in [5.74, 6) is 1.73. The Labute approximate surface area is 320 Å². The largest absolute Gasteiger partial charge is 0.456 e. The maximum absolute atomic E-state index is 6.29. The normalized spacial score (nSPS) is 11.9. The summed E-state index contributed by atoms with van der Waals surface area (Å²) < 4.78 is 12.6. The first-order valence-electron chi connectivity index (χ1n) is 18.8. The number of benzene rings is 9. The SMILES string of the molecule is c1ccc2c(c1)ccc1c(-c3ccc(-c4nc(-c5cccc6oc7ccccc7c56)nc(-c5cccc6oc7ccccc7c56)n4)cc3)cc3ccccc3c12. The molecule has 260 valence electrons. The van der Waals surface area contributed by atoms with Crippen molar-refractivity contribution in [2.24, 2.45) is 0 Å². The number of rotatable bonds is 4. The topological polar surface area (TPSA) is 65.0 Å². The van der Waals surface area contributed by atoms with E-state index in [2.05, 4.69) is 115 Å². The van der Waals surface area contributed by atoms with E-state index < -0.39 is 0 Å². The van der Waals surface area contributed by atoms with Crippen molar-refractivity contribution in [3.8, 4) is 45.3 Å². The molecule has 0 radical (unpaired) electrons. The standard InChI is InChI=1S/C51H29N3O2/c1-3-13-34-30(11-1)27-28-36-41(29-33-12-2-4-14-35(33)46(34)36)31-23-25-32(26-24-31)49-52-50(39-17-9-21-44-47(39)37-15-5-7-19-42(37)55-44)54-51(53-49)40-18-10-22-45-48(40)38-16-6-8-20-43(38)56-45/h1-29H. The quantitative estimate of drug-likeness (QED) is 0.170. The Morgan fingerprint density at radius 3 is 1.39 bits per heavy atom. The second-order valence-electron chi connectivity index (χ2n) is 14.3. The van der Waals surface area contributed by atoms with Gasteiger partial charge in [0.05, 0.1) is 0 Å². The molecule has 0 amide bonds. The third-order valence-electron chi connectivity index (χ3n) is 11.1. The molecule has 5 heteroatoms. The minimum Gasteiger partial charge on any atom is -0.456 e. The van der Waals surface area contributed by atoms with Crippen molar-refractivity contribution in [2.45, 2.75) is 0 Å². The number of fused-ring (bicyclic) bond motifs is 11. The highest BCUT2D eigenvalue weighted by Crippen LogP contribution is 2.41. The number of hydrogen-bond donors (Lipinski definition) is 0. The molecule has 9 aromatic carbocycles. The molecule has 0 aliphatic heterocycles. The molecule has 0 fully saturated rings. The van der Waals surface area contributed by atoms with E-state index in [1.54, 1.807) is 0 Å². The van der Waals surface area contributed by atoms with Crippen LogP contribution in [0, 0.1) is 0 Å².